The van der Waals surface area contributed by atoms with E-state index >= 15 is 0 Å². The Morgan fingerprint density at radius 2 is 2.00 bits per heavy atom. The van der Waals surface area contributed by atoms with E-state index < -0.39 is 0 Å². The zero-order valence-electron chi connectivity index (χ0n) is 8.46. The molecular weight excluding hydrogens is 238 g/mol. The van der Waals surface area contributed by atoms with Crippen molar-refractivity contribution in [3.05, 3.63) is 34.3 Å². The molecule has 0 saturated carbocycles. The van der Waals surface area contributed by atoms with Crippen molar-refractivity contribution in [2.75, 3.05) is 13.1 Å². The van der Waals surface area contributed by atoms with Gasteiger partial charge in [0.1, 0.15) is 0 Å². The molecule has 2 rings (SSSR count). The van der Waals surface area contributed by atoms with Crippen LogP contribution in [0.2, 0.25) is 0 Å². The minimum atomic E-state index is 0.740. The smallest absolute Gasteiger partial charge is 0.0175 e. The first-order chi connectivity index (χ1) is 6.77. The Morgan fingerprint density at radius 3 is 2.64 bits per heavy atom. The van der Waals surface area contributed by atoms with Crippen LogP contribution in [0.1, 0.15) is 24.8 Å². The number of rotatable bonds is 1. The molecular formula is C12H16BrN. The fourth-order valence-corrected chi connectivity index (χ4v) is 2.48. The molecule has 0 radical (unpaired) electrons. The Bertz CT molecular complexity index is 294. The van der Waals surface area contributed by atoms with E-state index in [-0.39, 0.29) is 0 Å². The fourth-order valence-electron chi connectivity index (χ4n) is 2.22. The number of nitrogens with one attached hydrogen (secondary N) is 1. The van der Waals surface area contributed by atoms with Gasteiger partial charge in [-0.2, -0.15) is 0 Å². The van der Waals surface area contributed by atoms with Gasteiger partial charge in [0.2, 0.25) is 0 Å². The highest BCUT2D eigenvalue weighted by Crippen LogP contribution is 2.30. The van der Waals surface area contributed by atoms with Crippen LogP contribution in [0, 0.1) is 5.92 Å². The second-order valence-corrected chi connectivity index (χ2v) is 5.04. The lowest BCUT2D eigenvalue weighted by atomic mass is 9.82. The van der Waals surface area contributed by atoms with Crippen molar-refractivity contribution >= 4 is 15.9 Å². The molecule has 0 aliphatic carbocycles. The highest BCUT2D eigenvalue weighted by Gasteiger charge is 2.22. The fraction of sp³-hybridized carbons (Fsp3) is 0.500. The molecule has 1 fully saturated rings. The van der Waals surface area contributed by atoms with Gasteiger partial charge in [0.25, 0.3) is 0 Å². The third-order valence-corrected chi connectivity index (χ3v) is 3.61. The van der Waals surface area contributed by atoms with Gasteiger partial charge in [0.15, 0.2) is 0 Å². The summed E-state index contributed by atoms with van der Waals surface area (Å²) in [6, 6.07) is 8.78. The van der Waals surface area contributed by atoms with Crippen LogP contribution in [0.4, 0.5) is 0 Å². The Hall–Kier alpha value is -0.340. The predicted molar refractivity (Wildman–Crippen MR) is 63.5 cm³/mol. The summed E-state index contributed by atoms with van der Waals surface area (Å²) in [5.74, 6) is 1.49. The highest BCUT2D eigenvalue weighted by molar-refractivity contribution is 9.10. The second-order valence-electron chi connectivity index (χ2n) is 4.13. The third-order valence-electron chi connectivity index (χ3n) is 3.08. The number of halogens is 1. The van der Waals surface area contributed by atoms with E-state index in [1.54, 1.807) is 0 Å². The van der Waals surface area contributed by atoms with E-state index in [0.29, 0.717) is 0 Å². The SMILES string of the molecule is CC1CNCCC1c1ccc(Br)cc1. The molecule has 1 heterocycles. The lowest BCUT2D eigenvalue weighted by Gasteiger charge is -2.29. The summed E-state index contributed by atoms with van der Waals surface area (Å²) >= 11 is 3.47. The van der Waals surface area contributed by atoms with E-state index in [2.05, 4.69) is 52.4 Å². The van der Waals surface area contributed by atoms with E-state index in [4.69, 9.17) is 0 Å². The minimum absolute atomic E-state index is 0.740. The molecule has 76 valence electrons. The lowest BCUT2D eigenvalue weighted by Crippen LogP contribution is -2.33. The Morgan fingerprint density at radius 1 is 1.29 bits per heavy atom. The molecule has 0 bridgehead atoms. The zero-order chi connectivity index (χ0) is 9.97. The summed E-state index contributed by atoms with van der Waals surface area (Å²) in [6.07, 6.45) is 1.27. The van der Waals surface area contributed by atoms with Crippen molar-refractivity contribution in [2.24, 2.45) is 5.92 Å². The molecule has 0 spiro atoms. The van der Waals surface area contributed by atoms with Gasteiger partial charge in [-0.25, -0.2) is 0 Å². The average molecular weight is 254 g/mol. The molecule has 14 heavy (non-hydrogen) atoms. The topological polar surface area (TPSA) is 12.0 Å². The van der Waals surface area contributed by atoms with Crippen molar-refractivity contribution in [2.45, 2.75) is 19.3 Å². The molecule has 1 saturated heterocycles. The van der Waals surface area contributed by atoms with Crippen LogP contribution < -0.4 is 5.32 Å². The molecule has 1 aliphatic rings. The molecule has 2 atom stereocenters. The van der Waals surface area contributed by atoms with E-state index in [1.165, 1.54) is 16.5 Å². The first-order valence-corrected chi connectivity index (χ1v) is 6.03. The maximum Gasteiger partial charge on any atom is 0.0175 e. The molecule has 0 aromatic heterocycles. The van der Waals surface area contributed by atoms with Gasteiger partial charge < -0.3 is 5.32 Å². The Labute approximate surface area is 94.0 Å². The van der Waals surface area contributed by atoms with E-state index in [9.17, 15) is 0 Å². The summed E-state index contributed by atoms with van der Waals surface area (Å²) in [7, 11) is 0. The van der Waals surface area contributed by atoms with Crippen LogP contribution >= 0.6 is 15.9 Å². The van der Waals surface area contributed by atoms with Gasteiger partial charge in [-0.15, -0.1) is 0 Å². The standard InChI is InChI=1S/C12H16BrN/c1-9-8-14-7-6-12(9)10-2-4-11(13)5-3-10/h2-5,9,12,14H,6-8H2,1H3. The van der Waals surface area contributed by atoms with Crippen molar-refractivity contribution in [1.82, 2.24) is 5.32 Å². The maximum atomic E-state index is 3.47. The monoisotopic (exact) mass is 253 g/mol. The van der Waals surface area contributed by atoms with E-state index in [1.807, 2.05) is 0 Å². The van der Waals surface area contributed by atoms with Crippen molar-refractivity contribution < 1.29 is 0 Å². The third kappa shape index (κ3) is 2.18. The summed E-state index contributed by atoms with van der Waals surface area (Å²) in [5.41, 5.74) is 1.49. The molecule has 1 aliphatic heterocycles. The summed E-state index contributed by atoms with van der Waals surface area (Å²) < 4.78 is 1.17. The molecule has 2 heteroatoms. The number of benzene rings is 1. The average Bonchev–Trinajstić information content (AvgIpc) is 2.20. The number of piperidine rings is 1. The second kappa shape index (κ2) is 4.45. The molecule has 1 nitrogen and oxygen atoms in total. The van der Waals surface area contributed by atoms with Gasteiger partial charge in [-0.1, -0.05) is 35.0 Å². The first-order valence-electron chi connectivity index (χ1n) is 5.23. The van der Waals surface area contributed by atoms with Crippen molar-refractivity contribution in [3.63, 3.8) is 0 Å². The lowest BCUT2D eigenvalue weighted by molar-refractivity contribution is 0.349. The van der Waals surface area contributed by atoms with Crippen LogP contribution in [0.3, 0.4) is 0 Å². The maximum absolute atomic E-state index is 3.47. The normalized spacial score (nSPS) is 27.6. The summed E-state index contributed by atoms with van der Waals surface area (Å²) in [4.78, 5) is 0. The van der Waals surface area contributed by atoms with Gasteiger partial charge in [0, 0.05) is 4.47 Å². The first kappa shape index (κ1) is 10.2. The summed E-state index contributed by atoms with van der Waals surface area (Å²) in [6.45, 7) is 4.64. The zero-order valence-corrected chi connectivity index (χ0v) is 10.0. The van der Waals surface area contributed by atoms with Crippen molar-refractivity contribution in [1.29, 1.82) is 0 Å². The Kier molecular flexibility index (Phi) is 3.24. The molecule has 1 aromatic carbocycles. The largest absolute Gasteiger partial charge is 0.316 e. The minimum Gasteiger partial charge on any atom is -0.316 e. The number of hydrogen-bond donors (Lipinski definition) is 1. The van der Waals surface area contributed by atoms with Crippen LogP contribution in [-0.4, -0.2) is 13.1 Å². The van der Waals surface area contributed by atoms with Crippen molar-refractivity contribution in [3.8, 4) is 0 Å². The quantitative estimate of drug-likeness (QED) is 0.811. The van der Waals surface area contributed by atoms with Crippen LogP contribution in [0.25, 0.3) is 0 Å². The van der Waals surface area contributed by atoms with Crippen LogP contribution in [0.15, 0.2) is 28.7 Å². The van der Waals surface area contributed by atoms with Crippen LogP contribution in [-0.2, 0) is 0 Å². The number of hydrogen-bond acceptors (Lipinski definition) is 1. The van der Waals surface area contributed by atoms with Gasteiger partial charge in [0.05, 0.1) is 0 Å². The predicted octanol–water partition coefficient (Wildman–Crippen LogP) is 3.16. The van der Waals surface area contributed by atoms with E-state index in [0.717, 1.165) is 24.9 Å². The molecule has 1 aromatic rings. The van der Waals surface area contributed by atoms with Gasteiger partial charge in [-0.3, -0.25) is 0 Å². The Balaban J connectivity index is 2.16. The molecule has 0 amide bonds. The summed E-state index contributed by atoms with van der Waals surface area (Å²) in [5, 5.41) is 3.44. The molecule has 2 unspecified atom stereocenters. The highest BCUT2D eigenvalue weighted by atomic mass is 79.9. The molecule has 1 N–H and O–H groups in total. The van der Waals surface area contributed by atoms with Gasteiger partial charge >= 0.3 is 0 Å². The van der Waals surface area contributed by atoms with Crippen LogP contribution in [0.5, 0.6) is 0 Å². The van der Waals surface area contributed by atoms with Gasteiger partial charge in [-0.05, 0) is 49.0 Å².